The topological polar surface area (TPSA) is 38.3 Å². The van der Waals surface area contributed by atoms with Gasteiger partial charge in [-0.2, -0.15) is 0 Å². The van der Waals surface area contributed by atoms with Crippen LogP contribution in [0.1, 0.15) is 25.8 Å². The monoisotopic (exact) mass is 255 g/mol. The van der Waals surface area contributed by atoms with Crippen molar-refractivity contribution in [1.29, 1.82) is 0 Å². The molecule has 1 amide bonds. The van der Waals surface area contributed by atoms with Crippen molar-refractivity contribution in [1.82, 2.24) is 5.32 Å². The first kappa shape index (κ1) is 13.8. The van der Waals surface area contributed by atoms with Crippen LogP contribution < -0.4 is 5.32 Å². The molecule has 94 valence electrons. The van der Waals surface area contributed by atoms with Crippen LogP contribution in [0.3, 0.4) is 0 Å². The molecule has 0 saturated carbocycles. The molecule has 0 saturated heterocycles. The molecule has 0 aliphatic heterocycles. The van der Waals surface area contributed by atoms with Gasteiger partial charge in [0.25, 0.3) is 0 Å². The Hall–Kier alpha value is -1.22. The number of carbonyl (C=O) groups is 1. The lowest BCUT2D eigenvalue weighted by atomic mass is 10.1. The van der Waals surface area contributed by atoms with Gasteiger partial charge in [-0.25, -0.2) is 4.79 Å². The van der Waals surface area contributed by atoms with E-state index in [1.165, 1.54) is 0 Å². The molecule has 0 aliphatic carbocycles. The van der Waals surface area contributed by atoms with Gasteiger partial charge in [0, 0.05) is 6.54 Å². The normalized spacial score (nSPS) is 13.8. The summed E-state index contributed by atoms with van der Waals surface area (Å²) in [4.78, 5) is 11.0. The number of nitrogens with one attached hydrogen (secondary N) is 1. The molecule has 3 nitrogen and oxygen atoms in total. The molecule has 17 heavy (non-hydrogen) atoms. The zero-order valence-electron chi connectivity index (χ0n) is 10.2. The molecule has 1 aromatic rings. The van der Waals surface area contributed by atoms with Crippen molar-refractivity contribution in [2.75, 3.05) is 6.54 Å². The van der Waals surface area contributed by atoms with Crippen LogP contribution in [-0.4, -0.2) is 17.5 Å². The van der Waals surface area contributed by atoms with E-state index in [0.29, 0.717) is 6.54 Å². The third-order valence-electron chi connectivity index (χ3n) is 2.55. The van der Waals surface area contributed by atoms with Crippen LogP contribution in [0.25, 0.3) is 0 Å². The minimum absolute atomic E-state index is 0.276. The van der Waals surface area contributed by atoms with Crippen molar-refractivity contribution in [3.05, 3.63) is 35.9 Å². The molecule has 0 aromatic heterocycles. The Balaban J connectivity index is 2.27. The summed E-state index contributed by atoms with van der Waals surface area (Å²) in [6.45, 7) is 4.53. The standard InChI is InChI=1S/C13H18ClNO2/c1-3-13(2,14)10-15-12(16)17-9-11-7-5-4-6-8-11/h4-8H,3,9-10H2,1-2H3,(H,15,16). The maximum absolute atomic E-state index is 11.4. The summed E-state index contributed by atoms with van der Waals surface area (Å²) in [6, 6.07) is 9.55. The SMILES string of the molecule is CCC(C)(Cl)CNC(=O)OCc1ccccc1. The third kappa shape index (κ3) is 5.59. The molecule has 0 radical (unpaired) electrons. The van der Waals surface area contributed by atoms with Crippen molar-refractivity contribution in [2.24, 2.45) is 0 Å². The van der Waals surface area contributed by atoms with Crippen LogP contribution in [-0.2, 0) is 11.3 Å². The third-order valence-corrected chi connectivity index (χ3v) is 2.95. The van der Waals surface area contributed by atoms with E-state index in [1.54, 1.807) is 0 Å². The summed E-state index contributed by atoms with van der Waals surface area (Å²) < 4.78 is 5.06. The summed E-state index contributed by atoms with van der Waals surface area (Å²) in [5, 5.41) is 2.65. The van der Waals surface area contributed by atoms with Gasteiger partial charge in [0.05, 0.1) is 4.87 Å². The molecule has 0 fully saturated rings. The van der Waals surface area contributed by atoms with E-state index in [0.717, 1.165) is 12.0 Å². The predicted octanol–water partition coefficient (Wildman–Crippen LogP) is 3.32. The van der Waals surface area contributed by atoms with E-state index in [-0.39, 0.29) is 6.61 Å². The second-order valence-corrected chi connectivity index (χ2v) is 5.09. The first-order valence-electron chi connectivity index (χ1n) is 5.67. The number of rotatable bonds is 5. The number of alkyl carbamates (subject to hydrolysis) is 1. The van der Waals surface area contributed by atoms with Gasteiger partial charge in [0.2, 0.25) is 0 Å². The van der Waals surface area contributed by atoms with Crippen molar-refractivity contribution in [2.45, 2.75) is 31.7 Å². The van der Waals surface area contributed by atoms with Gasteiger partial charge < -0.3 is 10.1 Å². The molecule has 1 unspecified atom stereocenters. The Labute approximate surface area is 107 Å². The van der Waals surface area contributed by atoms with Gasteiger partial charge in [-0.15, -0.1) is 11.6 Å². The lowest BCUT2D eigenvalue weighted by molar-refractivity contribution is 0.138. The number of benzene rings is 1. The fourth-order valence-corrected chi connectivity index (χ4v) is 1.22. The largest absolute Gasteiger partial charge is 0.445 e. The fourth-order valence-electron chi connectivity index (χ4n) is 1.16. The van der Waals surface area contributed by atoms with Crippen molar-refractivity contribution < 1.29 is 9.53 Å². The van der Waals surface area contributed by atoms with Crippen LogP contribution in [0, 0.1) is 0 Å². The highest BCUT2D eigenvalue weighted by molar-refractivity contribution is 6.23. The maximum Gasteiger partial charge on any atom is 0.407 e. The van der Waals surface area contributed by atoms with Crippen LogP contribution in [0.15, 0.2) is 30.3 Å². The molecule has 1 N–H and O–H groups in total. The second kappa shape index (κ2) is 6.50. The Bertz CT molecular complexity index is 352. The molecule has 0 aliphatic rings. The average Bonchev–Trinajstić information content (AvgIpc) is 2.35. The fraction of sp³-hybridized carbons (Fsp3) is 0.462. The molecule has 0 bridgehead atoms. The van der Waals surface area contributed by atoms with Crippen molar-refractivity contribution >= 4 is 17.7 Å². The van der Waals surface area contributed by atoms with Gasteiger partial charge in [-0.05, 0) is 18.9 Å². The van der Waals surface area contributed by atoms with Gasteiger partial charge in [-0.3, -0.25) is 0 Å². The molecule has 1 rings (SSSR count). The summed E-state index contributed by atoms with van der Waals surface area (Å²) >= 11 is 6.11. The van der Waals surface area contributed by atoms with E-state index < -0.39 is 11.0 Å². The lowest BCUT2D eigenvalue weighted by Gasteiger charge is -2.19. The summed E-state index contributed by atoms with van der Waals surface area (Å²) in [7, 11) is 0. The minimum atomic E-state index is -0.436. The second-order valence-electron chi connectivity index (χ2n) is 4.18. The van der Waals surface area contributed by atoms with E-state index in [2.05, 4.69) is 5.32 Å². The summed E-state index contributed by atoms with van der Waals surface area (Å²) in [5.41, 5.74) is 0.965. The number of ether oxygens (including phenoxy) is 1. The number of alkyl halides is 1. The molecule has 4 heteroatoms. The summed E-state index contributed by atoms with van der Waals surface area (Å²) in [6.07, 6.45) is 0.349. The molecular weight excluding hydrogens is 238 g/mol. The highest BCUT2D eigenvalue weighted by Gasteiger charge is 2.19. The molecule has 0 heterocycles. The molecule has 1 atom stereocenters. The molecular formula is C13H18ClNO2. The van der Waals surface area contributed by atoms with Crippen LogP contribution in [0.2, 0.25) is 0 Å². The first-order chi connectivity index (χ1) is 8.03. The van der Waals surface area contributed by atoms with Crippen molar-refractivity contribution in [3.8, 4) is 0 Å². The number of hydrogen-bond donors (Lipinski definition) is 1. The van der Waals surface area contributed by atoms with E-state index in [9.17, 15) is 4.79 Å². The molecule has 0 spiro atoms. The number of carbonyl (C=O) groups excluding carboxylic acids is 1. The average molecular weight is 256 g/mol. The van der Waals surface area contributed by atoms with Crippen LogP contribution >= 0.6 is 11.6 Å². The van der Waals surface area contributed by atoms with Gasteiger partial charge in [0.1, 0.15) is 6.61 Å². The lowest BCUT2D eigenvalue weighted by Crippen LogP contribution is -2.36. The summed E-state index contributed by atoms with van der Waals surface area (Å²) in [5.74, 6) is 0. The van der Waals surface area contributed by atoms with E-state index in [4.69, 9.17) is 16.3 Å². The molecule has 1 aromatic carbocycles. The highest BCUT2D eigenvalue weighted by Crippen LogP contribution is 2.16. The Kier molecular flexibility index (Phi) is 5.29. The van der Waals surface area contributed by atoms with Crippen molar-refractivity contribution in [3.63, 3.8) is 0 Å². The highest BCUT2D eigenvalue weighted by atomic mass is 35.5. The zero-order chi connectivity index (χ0) is 12.7. The van der Waals surface area contributed by atoms with Gasteiger partial charge in [0.15, 0.2) is 0 Å². The zero-order valence-corrected chi connectivity index (χ0v) is 11.0. The Morgan fingerprint density at radius 1 is 1.41 bits per heavy atom. The smallest absolute Gasteiger partial charge is 0.407 e. The van der Waals surface area contributed by atoms with Crippen LogP contribution in [0.5, 0.6) is 0 Å². The van der Waals surface area contributed by atoms with E-state index in [1.807, 2.05) is 44.2 Å². The maximum atomic E-state index is 11.4. The Morgan fingerprint density at radius 2 is 2.06 bits per heavy atom. The van der Waals surface area contributed by atoms with Crippen LogP contribution in [0.4, 0.5) is 4.79 Å². The van der Waals surface area contributed by atoms with E-state index >= 15 is 0 Å². The van der Waals surface area contributed by atoms with Gasteiger partial charge in [-0.1, -0.05) is 37.3 Å². The Morgan fingerprint density at radius 3 is 2.65 bits per heavy atom. The van der Waals surface area contributed by atoms with Gasteiger partial charge >= 0.3 is 6.09 Å². The number of hydrogen-bond acceptors (Lipinski definition) is 2. The number of halogens is 1. The first-order valence-corrected chi connectivity index (χ1v) is 6.05. The minimum Gasteiger partial charge on any atom is -0.445 e. The predicted molar refractivity (Wildman–Crippen MR) is 69.2 cm³/mol. The number of amides is 1. The quantitative estimate of drug-likeness (QED) is 0.820.